The lowest BCUT2D eigenvalue weighted by atomic mass is 11.9. The molecule has 0 aliphatic carbocycles. The lowest BCUT2D eigenvalue weighted by Gasteiger charge is -2.28. The third kappa shape index (κ3) is 5.38. The maximum absolute atomic E-state index is 5.65. The Bertz CT molecular complexity index is 108. The van der Waals surface area contributed by atoms with Crippen molar-refractivity contribution in [3.05, 3.63) is 0 Å². The summed E-state index contributed by atoms with van der Waals surface area (Å²) in [7, 11) is -5.66. The first kappa shape index (κ1) is 13.9. The molecule has 1 fully saturated rings. The molecule has 1 heterocycles. The molecule has 0 amide bonds. The highest BCUT2D eigenvalue weighted by molar-refractivity contribution is 6.72. The average molecular weight is 273 g/mol. The largest absolute Gasteiger partial charge is 0.420 e. The van der Waals surface area contributed by atoms with Crippen LogP contribution in [-0.4, -0.2) is 48.1 Å². The molecule has 1 saturated heterocycles. The van der Waals surface area contributed by atoms with Gasteiger partial charge in [-0.25, -0.2) is 0 Å². The summed E-state index contributed by atoms with van der Waals surface area (Å²) in [6.45, 7) is 8.16. The van der Waals surface area contributed by atoms with Crippen molar-refractivity contribution < 1.29 is 16.5 Å². The molecule has 0 N–H and O–H groups in total. The fourth-order valence-electron chi connectivity index (χ4n) is 1.21. The maximum Gasteiger partial charge on any atom is 0.300 e. The van der Waals surface area contributed by atoms with Crippen LogP contribution >= 0.6 is 0 Å². The van der Waals surface area contributed by atoms with Crippen molar-refractivity contribution >= 4 is 48.1 Å². The maximum atomic E-state index is 5.65. The van der Waals surface area contributed by atoms with Gasteiger partial charge in [-0.3, -0.25) is 0 Å². The van der Waals surface area contributed by atoms with E-state index in [1.807, 2.05) is 26.2 Å². The monoisotopic (exact) mass is 272 g/mol. The van der Waals surface area contributed by atoms with E-state index in [4.69, 9.17) is 16.5 Å². The SMILES string of the molecule is C[SiH]1O[SiH](C)O[SiH](C)O[SiH](C)O1.[SiH4]. The summed E-state index contributed by atoms with van der Waals surface area (Å²) in [6.07, 6.45) is 0. The Hall–Kier alpha value is 0.924. The predicted octanol–water partition coefficient (Wildman–Crippen LogP) is -1.98. The van der Waals surface area contributed by atoms with Crippen LogP contribution in [0.1, 0.15) is 0 Å². The van der Waals surface area contributed by atoms with Crippen LogP contribution in [0.25, 0.3) is 0 Å². The van der Waals surface area contributed by atoms with Gasteiger partial charge >= 0.3 is 0 Å². The van der Waals surface area contributed by atoms with Gasteiger partial charge in [0.05, 0.1) is 0 Å². The second-order valence-electron chi connectivity index (χ2n) is 2.81. The van der Waals surface area contributed by atoms with Crippen LogP contribution in [-0.2, 0) is 16.5 Å². The van der Waals surface area contributed by atoms with Crippen molar-refractivity contribution in [2.24, 2.45) is 0 Å². The summed E-state index contributed by atoms with van der Waals surface area (Å²) in [5.74, 6) is 0. The van der Waals surface area contributed by atoms with E-state index in [0.29, 0.717) is 0 Å². The van der Waals surface area contributed by atoms with Gasteiger partial charge in [-0.05, 0) is 37.2 Å². The first-order valence-electron chi connectivity index (χ1n) is 4.20. The Kier molecular flexibility index (Phi) is 6.87. The minimum Gasteiger partial charge on any atom is -0.420 e. The highest BCUT2D eigenvalue weighted by Crippen LogP contribution is 2.06. The van der Waals surface area contributed by atoms with Gasteiger partial charge in [-0.1, -0.05) is 0 Å². The molecule has 0 aromatic carbocycles. The first-order valence-corrected chi connectivity index (χ1v) is 12.6. The fraction of sp³-hybridized carbons (Fsp3) is 1.00. The smallest absolute Gasteiger partial charge is 0.300 e. The van der Waals surface area contributed by atoms with Crippen molar-refractivity contribution in [1.82, 2.24) is 0 Å². The van der Waals surface area contributed by atoms with E-state index in [1.54, 1.807) is 0 Å². The zero-order valence-corrected chi connectivity index (χ0v) is 12.6. The van der Waals surface area contributed by atoms with E-state index >= 15 is 0 Å². The van der Waals surface area contributed by atoms with Gasteiger partial charge in [0.25, 0.3) is 37.1 Å². The first-order chi connectivity index (χ1) is 5.58. The molecule has 1 aliphatic heterocycles. The van der Waals surface area contributed by atoms with Crippen molar-refractivity contribution in [2.45, 2.75) is 26.2 Å². The van der Waals surface area contributed by atoms with Gasteiger partial charge in [-0.2, -0.15) is 0 Å². The molecule has 0 unspecified atom stereocenters. The van der Waals surface area contributed by atoms with Crippen molar-refractivity contribution in [2.75, 3.05) is 0 Å². The third-order valence-corrected chi connectivity index (χ3v) is 13.8. The Morgan fingerprint density at radius 2 is 0.692 bits per heavy atom. The number of hydrogen-bond donors (Lipinski definition) is 0. The van der Waals surface area contributed by atoms with E-state index in [0.717, 1.165) is 0 Å². The van der Waals surface area contributed by atoms with Crippen molar-refractivity contribution in [3.8, 4) is 0 Å². The second-order valence-corrected chi connectivity index (χ2v) is 11.7. The minimum absolute atomic E-state index is 0. The molecule has 9 heteroatoms. The normalized spacial score (nSPS) is 41.5. The van der Waals surface area contributed by atoms with Crippen LogP contribution in [0.2, 0.25) is 26.2 Å². The Labute approximate surface area is 91.0 Å². The topological polar surface area (TPSA) is 36.9 Å². The summed E-state index contributed by atoms with van der Waals surface area (Å²) in [4.78, 5) is 0. The highest BCUT2D eigenvalue weighted by atomic mass is 28.5. The van der Waals surface area contributed by atoms with Gasteiger partial charge in [0.15, 0.2) is 0 Å². The molecule has 0 spiro atoms. The lowest BCUT2D eigenvalue weighted by molar-refractivity contribution is 0.295. The molecule has 0 radical (unpaired) electrons. The summed E-state index contributed by atoms with van der Waals surface area (Å²) in [6, 6.07) is 0. The van der Waals surface area contributed by atoms with E-state index in [9.17, 15) is 0 Å². The molecule has 0 bridgehead atoms. The number of rotatable bonds is 0. The standard InChI is InChI=1S/C4H16O4Si4.H4Si/c1-9-5-10(2)7-12(4)8-11(3)6-9;/h9-12H,1-4H3;1H4. The van der Waals surface area contributed by atoms with E-state index in [2.05, 4.69) is 0 Å². The molecule has 4 nitrogen and oxygen atoms in total. The Morgan fingerprint density at radius 1 is 0.538 bits per heavy atom. The van der Waals surface area contributed by atoms with Crippen LogP contribution in [0, 0.1) is 0 Å². The van der Waals surface area contributed by atoms with E-state index in [-0.39, 0.29) is 11.0 Å². The molecule has 0 aromatic rings. The molecule has 0 saturated carbocycles. The summed E-state index contributed by atoms with van der Waals surface area (Å²) in [5.41, 5.74) is 0. The highest BCUT2D eigenvalue weighted by Gasteiger charge is 2.25. The predicted molar refractivity (Wildman–Crippen MR) is 67.7 cm³/mol. The van der Waals surface area contributed by atoms with Crippen LogP contribution in [0.3, 0.4) is 0 Å². The second kappa shape index (κ2) is 6.42. The molecule has 0 atom stereocenters. The lowest BCUT2D eigenvalue weighted by Crippen LogP contribution is -2.44. The average Bonchev–Trinajstić information content (AvgIpc) is 1.81. The number of hydrogen-bond acceptors (Lipinski definition) is 4. The van der Waals surface area contributed by atoms with Gasteiger partial charge in [-0.15, -0.1) is 0 Å². The summed E-state index contributed by atoms with van der Waals surface area (Å²) < 4.78 is 22.6. The van der Waals surface area contributed by atoms with Crippen molar-refractivity contribution in [1.29, 1.82) is 0 Å². The molecule has 0 aromatic heterocycles. The molecule has 1 aliphatic rings. The van der Waals surface area contributed by atoms with Gasteiger partial charge < -0.3 is 16.5 Å². The van der Waals surface area contributed by atoms with Crippen LogP contribution in [0.15, 0.2) is 0 Å². The zero-order valence-electron chi connectivity index (χ0n) is 7.94. The quantitative estimate of drug-likeness (QED) is 0.479. The van der Waals surface area contributed by atoms with Crippen LogP contribution < -0.4 is 0 Å². The Balaban J connectivity index is 0.00000144. The Morgan fingerprint density at radius 3 is 0.846 bits per heavy atom. The van der Waals surface area contributed by atoms with Gasteiger partial charge in [0.2, 0.25) is 0 Å². The molecular weight excluding hydrogens is 252 g/mol. The summed E-state index contributed by atoms with van der Waals surface area (Å²) in [5, 5.41) is 0. The van der Waals surface area contributed by atoms with Crippen LogP contribution in [0.4, 0.5) is 0 Å². The van der Waals surface area contributed by atoms with E-state index < -0.39 is 37.1 Å². The molecule has 1 rings (SSSR count). The third-order valence-electron chi connectivity index (χ3n) is 1.53. The minimum atomic E-state index is -1.42. The zero-order chi connectivity index (χ0) is 9.14. The summed E-state index contributed by atoms with van der Waals surface area (Å²) >= 11 is 0. The molecular formula is C4H20O4Si5. The van der Waals surface area contributed by atoms with E-state index in [1.165, 1.54) is 0 Å². The van der Waals surface area contributed by atoms with Crippen LogP contribution in [0.5, 0.6) is 0 Å². The fourth-order valence-corrected chi connectivity index (χ4v) is 13.2. The molecule has 80 valence electrons. The van der Waals surface area contributed by atoms with Gasteiger partial charge in [0, 0.05) is 0 Å². The van der Waals surface area contributed by atoms with Crippen molar-refractivity contribution in [3.63, 3.8) is 0 Å². The molecule has 13 heavy (non-hydrogen) atoms. The van der Waals surface area contributed by atoms with Gasteiger partial charge in [0.1, 0.15) is 0 Å².